The summed E-state index contributed by atoms with van der Waals surface area (Å²) in [5, 5.41) is 8.62. The van der Waals surface area contributed by atoms with Crippen LogP contribution in [0.15, 0.2) is 29.2 Å². The van der Waals surface area contributed by atoms with Crippen molar-refractivity contribution in [3.63, 3.8) is 0 Å². The predicted octanol–water partition coefficient (Wildman–Crippen LogP) is 1.09. The molecule has 1 rings (SSSR count). The van der Waals surface area contributed by atoms with Gasteiger partial charge in [-0.2, -0.15) is 12.6 Å². The van der Waals surface area contributed by atoms with Crippen LogP contribution in [0, 0.1) is 0 Å². The lowest BCUT2D eigenvalue weighted by atomic mass is 10.2. The van der Waals surface area contributed by atoms with E-state index in [4.69, 9.17) is 5.11 Å². The van der Waals surface area contributed by atoms with Crippen molar-refractivity contribution in [2.24, 2.45) is 0 Å². The van der Waals surface area contributed by atoms with Crippen molar-refractivity contribution in [1.82, 2.24) is 0 Å². The first-order valence-corrected chi connectivity index (χ1v) is 6.43. The lowest BCUT2D eigenvalue weighted by Gasteiger charge is -2.02. The van der Waals surface area contributed by atoms with Crippen molar-refractivity contribution >= 4 is 28.4 Å². The molecule has 0 aliphatic rings. The summed E-state index contributed by atoms with van der Waals surface area (Å²) in [5.74, 6) is -0.890. The number of hydrogen-bond donors (Lipinski definition) is 2. The van der Waals surface area contributed by atoms with E-state index in [1.54, 1.807) is 0 Å². The highest BCUT2D eigenvalue weighted by atomic mass is 32.2. The first kappa shape index (κ1) is 12.1. The normalized spacial score (nSPS) is 11.3. The van der Waals surface area contributed by atoms with E-state index in [0.717, 1.165) is 0 Å². The SMILES string of the molecule is O=C(O)c1ccc(S(=O)(=O)CCS)cc1. The van der Waals surface area contributed by atoms with Crippen LogP contribution in [0.5, 0.6) is 0 Å². The minimum absolute atomic E-state index is 0.0530. The van der Waals surface area contributed by atoms with Crippen molar-refractivity contribution in [3.05, 3.63) is 29.8 Å². The first-order chi connectivity index (χ1) is 6.97. The van der Waals surface area contributed by atoms with Gasteiger partial charge in [-0.15, -0.1) is 0 Å². The maximum Gasteiger partial charge on any atom is 0.335 e. The van der Waals surface area contributed by atoms with E-state index in [9.17, 15) is 13.2 Å². The average Bonchev–Trinajstić information content (AvgIpc) is 2.18. The van der Waals surface area contributed by atoms with E-state index in [0.29, 0.717) is 0 Å². The monoisotopic (exact) mass is 246 g/mol. The molecule has 0 atom stereocenters. The molecule has 0 aromatic heterocycles. The molecule has 0 amide bonds. The zero-order valence-corrected chi connectivity index (χ0v) is 9.46. The molecular weight excluding hydrogens is 236 g/mol. The molecular formula is C9H10O4S2. The van der Waals surface area contributed by atoms with Gasteiger partial charge in [-0.25, -0.2) is 13.2 Å². The van der Waals surface area contributed by atoms with Crippen LogP contribution in [0.2, 0.25) is 0 Å². The van der Waals surface area contributed by atoms with Gasteiger partial charge in [0.1, 0.15) is 0 Å². The molecule has 1 aromatic carbocycles. The Hall–Kier alpha value is -1.01. The molecule has 0 fully saturated rings. The summed E-state index contributed by atoms with van der Waals surface area (Å²) >= 11 is 3.84. The summed E-state index contributed by atoms with van der Waals surface area (Å²) in [7, 11) is -3.32. The summed E-state index contributed by atoms with van der Waals surface area (Å²) < 4.78 is 23.0. The molecule has 0 bridgehead atoms. The van der Waals surface area contributed by atoms with Crippen LogP contribution in [0.1, 0.15) is 10.4 Å². The summed E-state index contributed by atoms with van der Waals surface area (Å²) in [6.07, 6.45) is 0. The summed E-state index contributed by atoms with van der Waals surface area (Å²) in [5.41, 5.74) is 0.0693. The van der Waals surface area contributed by atoms with E-state index >= 15 is 0 Å². The van der Waals surface area contributed by atoms with Crippen molar-refractivity contribution < 1.29 is 18.3 Å². The van der Waals surface area contributed by atoms with Gasteiger partial charge in [0.05, 0.1) is 16.2 Å². The number of thiol groups is 1. The van der Waals surface area contributed by atoms with Crippen LogP contribution in [0.25, 0.3) is 0 Å². The Bertz CT molecular complexity index is 448. The molecule has 0 saturated carbocycles. The third kappa shape index (κ3) is 2.97. The zero-order chi connectivity index (χ0) is 11.5. The number of carboxylic acid groups (broad SMARTS) is 1. The van der Waals surface area contributed by atoms with Gasteiger partial charge >= 0.3 is 5.97 Å². The van der Waals surface area contributed by atoms with Gasteiger partial charge in [0.25, 0.3) is 0 Å². The van der Waals surface area contributed by atoms with Gasteiger partial charge in [0.2, 0.25) is 0 Å². The number of carbonyl (C=O) groups is 1. The van der Waals surface area contributed by atoms with Crippen molar-refractivity contribution in [3.8, 4) is 0 Å². The van der Waals surface area contributed by atoms with Gasteiger partial charge in [-0.1, -0.05) is 0 Å². The van der Waals surface area contributed by atoms with Crippen molar-refractivity contribution in [2.75, 3.05) is 11.5 Å². The third-order valence-corrected chi connectivity index (χ3v) is 4.08. The van der Waals surface area contributed by atoms with Crippen LogP contribution in [-0.4, -0.2) is 31.0 Å². The standard InChI is InChI=1S/C9H10O4S2/c10-9(11)7-1-3-8(4-2-7)15(12,13)6-5-14/h1-4,14H,5-6H2,(H,10,11). The van der Waals surface area contributed by atoms with Gasteiger partial charge in [-0.05, 0) is 24.3 Å². The minimum Gasteiger partial charge on any atom is -0.478 e. The second-order valence-electron chi connectivity index (χ2n) is 2.87. The number of benzene rings is 1. The second kappa shape index (κ2) is 4.67. The van der Waals surface area contributed by atoms with Crippen LogP contribution < -0.4 is 0 Å². The molecule has 0 radical (unpaired) electrons. The number of rotatable bonds is 4. The molecule has 1 aromatic rings. The second-order valence-corrected chi connectivity index (χ2v) is 5.43. The van der Waals surface area contributed by atoms with Gasteiger partial charge in [0, 0.05) is 5.75 Å². The molecule has 0 spiro atoms. The Morgan fingerprint density at radius 1 is 1.27 bits per heavy atom. The minimum atomic E-state index is -3.32. The van der Waals surface area contributed by atoms with Crippen molar-refractivity contribution in [2.45, 2.75) is 4.90 Å². The average molecular weight is 246 g/mol. The summed E-state index contributed by atoms with van der Waals surface area (Å²) in [6.45, 7) is 0. The molecule has 0 aliphatic carbocycles. The van der Waals surface area contributed by atoms with Crippen molar-refractivity contribution in [1.29, 1.82) is 0 Å². The number of hydrogen-bond acceptors (Lipinski definition) is 4. The molecule has 0 heterocycles. The smallest absolute Gasteiger partial charge is 0.335 e. The van der Waals surface area contributed by atoms with Crippen LogP contribution in [-0.2, 0) is 9.84 Å². The predicted molar refractivity (Wildman–Crippen MR) is 59.3 cm³/mol. The van der Waals surface area contributed by atoms with E-state index in [-0.39, 0.29) is 22.0 Å². The van der Waals surface area contributed by atoms with Gasteiger partial charge < -0.3 is 5.11 Å². The number of sulfone groups is 1. The molecule has 0 saturated heterocycles. The molecule has 6 heteroatoms. The summed E-state index contributed by atoms with van der Waals surface area (Å²) in [4.78, 5) is 10.7. The molecule has 0 unspecified atom stereocenters. The quantitative estimate of drug-likeness (QED) is 0.780. The van der Waals surface area contributed by atoms with Crippen LogP contribution in [0.3, 0.4) is 0 Å². The largest absolute Gasteiger partial charge is 0.478 e. The Morgan fingerprint density at radius 3 is 2.20 bits per heavy atom. The van der Waals surface area contributed by atoms with E-state index < -0.39 is 15.8 Å². The highest BCUT2D eigenvalue weighted by Gasteiger charge is 2.13. The lowest BCUT2D eigenvalue weighted by molar-refractivity contribution is 0.0697. The topological polar surface area (TPSA) is 71.4 Å². The highest BCUT2D eigenvalue weighted by Crippen LogP contribution is 2.12. The Kier molecular flexibility index (Phi) is 3.76. The fraction of sp³-hybridized carbons (Fsp3) is 0.222. The third-order valence-electron chi connectivity index (χ3n) is 1.82. The highest BCUT2D eigenvalue weighted by molar-refractivity contribution is 7.92. The number of aromatic carboxylic acids is 1. The molecule has 15 heavy (non-hydrogen) atoms. The Morgan fingerprint density at radius 2 is 1.80 bits per heavy atom. The molecule has 0 aliphatic heterocycles. The maximum absolute atomic E-state index is 11.5. The molecule has 82 valence electrons. The fourth-order valence-corrected chi connectivity index (χ4v) is 2.79. The van der Waals surface area contributed by atoms with E-state index in [1.165, 1.54) is 24.3 Å². The van der Waals surface area contributed by atoms with Gasteiger partial charge in [0.15, 0.2) is 9.84 Å². The van der Waals surface area contributed by atoms with E-state index in [2.05, 4.69) is 12.6 Å². The molecule has 4 nitrogen and oxygen atoms in total. The maximum atomic E-state index is 11.5. The summed E-state index contributed by atoms with van der Waals surface area (Å²) in [6, 6.07) is 5.13. The zero-order valence-electron chi connectivity index (χ0n) is 7.75. The Labute approximate surface area is 93.3 Å². The fourth-order valence-electron chi connectivity index (χ4n) is 1.04. The van der Waals surface area contributed by atoms with E-state index in [1.807, 2.05) is 0 Å². The van der Waals surface area contributed by atoms with Crippen LogP contribution >= 0.6 is 12.6 Å². The molecule has 1 N–H and O–H groups in total. The van der Waals surface area contributed by atoms with Gasteiger partial charge in [-0.3, -0.25) is 0 Å². The van der Waals surface area contributed by atoms with Crippen LogP contribution in [0.4, 0.5) is 0 Å². The first-order valence-electron chi connectivity index (χ1n) is 4.14. The lowest BCUT2D eigenvalue weighted by Crippen LogP contribution is -2.08. The number of carboxylic acids is 1. The Balaban J connectivity index is 3.04.